The third kappa shape index (κ3) is 2.90. The molecule has 0 fully saturated rings. The molecule has 104 valence electrons. The van der Waals surface area contributed by atoms with Gasteiger partial charge in [0.1, 0.15) is 23.8 Å². The van der Waals surface area contributed by atoms with Crippen molar-refractivity contribution in [2.75, 3.05) is 0 Å². The number of amides is 1. The van der Waals surface area contributed by atoms with Crippen LogP contribution in [-0.2, 0) is 6.61 Å². The molecule has 0 radical (unpaired) electrons. The molecule has 0 spiro atoms. The standard InChI is InChI=1S/C14H10F3NO2/c15-9-3-1-2-8(6-9)7-20-11-5-4-10(16)12(13(11)17)14(18)19/h1-6H,7H2,(H2,18,19). The second-order valence-corrected chi connectivity index (χ2v) is 4.02. The first-order chi connectivity index (χ1) is 9.49. The molecular formula is C14H10F3NO2. The van der Waals surface area contributed by atoms with Gasteiger partial charge >= 0.3 is 0 Å². The van der Waals surface area contributed by atoms with Gasteiger partial charge in [0.05, 0.1) is 0 Å². The van der Waals surface area contributed by atoms with E-state index in [1.54, 1.807) is 6.07 Å². The van der Waals surface area contributed by atoms with Crippen molar-refractivity contribution < 1.29 is 22.7 Å². The van der Waals surface area contributed by atoms with Crippen molar-refractivity contribution >= 4 is 5.91 Å². The zero-order valence-electron chi connectivity index (χ0n) is 10.2. The summed E-state index contributed by atoms with van der Waals surface area (Å²) in [7, 11) is 0. The number of benzene rings is 2. The molecule has 2 aromatic rings. The Morgan fingerprint density at radius 3 is 2.55 bits per heavy atom. The lowest BCUT2D eigenvalue weighted by Gasteiger charge is -2.09. The Morgan fingerprint density at radius 1 is 1.15 bits per heavy atom. The van der Waals surface area contributed by atoms with Crippen LogP contribution in [0, 0.1) is 17.5 Å². The molecule has 0 saturated heterocycles. The summed E-state index contributed by atoms with van der Waals surface area (Å²) in [5.41, 5.74) is 4.49. The minimum Gasteiger partial charge on any atom is -0.486 e. The van der Waals surface area contributed by atoms with Gasteiger partial charge in [0.15, 0.2) is 11.6 Å². The highest BCUT2D eigenvalue weighted by molar-refractivity contribution is 5.93. The summed E-state index contributed by atoms with van der Waals surface area (Å²) in [4.78, 5) is 11.0. The maximum Gasteiger partial charge on any atom is 0.254 e. The van der Waals surface area contributed by atoms with Gasteiger partial charge in [0.2, 0.25) is 0 Å². The molecule has 3 nitrogen and oxygen atoms in total. The molecule has 0 aromatic heterocycles. The monoisotopic (exact) mass is 281 g/mol. The number of carbonyl (C=O) groups is 1. The first-order valence-electron chi connectivity index (χ1n) is 5.64. The molecule has 0 aliphatic heterocycles. The number of nitrogens with two attached hydrogens (primary N) is 1. The van der Waals surface area contributed by atoms with Crippen molar-refractivity contribution in [2.45, 2.75) is 6.61 Å². The molecule has 0 bridgehead atoms. The van der Waals surface area contributed by atoms with Gasteiger partial charge in [-0.05, 0) is 29.8 Å². The van der Waals surface area contributed by atoms with Crippen molar-refractivity contribution in [1.82, 2.24) is 0 Å². The molecule has 0 saturated carbocycles. The fraction of sp³-hybridized carbons (Fsp3) is 0.0714. The highest BCUT2D eigenvalue weighted by Crippen LogP contribution is 2.23. The van der Waals surface area contributed by atoms with E-state index in [9.17, 15) is 18.0 Å². The van der Waals surface area contributed by atoms with Crippen LogP contribution in [0.5, 0.6) is 5.75 Å². The second kappa shape index (κ2) is 5.64. The molecule has 2 aromatic carbocycles. The number of ether oxygens (including phenoxy) is 1. The number of rotatable bonds is 4. The predicted molar refractivity (Wildman–Crippen MR) is 65.6 cm³/mol. The number of hydrogen-bond acceptors (Lipinski definition) is 2. The summed E-state index contributed by atoms with van der Waals surface area (Å²) in [5.74, 6) is -4.24. The largest absolute Gasteiger partial charge is 0.486 e. The lowest BCUT2D eigenvalue weighted by atomic mass is 10.1. The van der Waals surface area contributed by atoms with Crippen LogP contribution in [-0.4, -0.2) is 5.91 Å². The zero-order chi connectivity index (χ0) is 14.7. The minimum atomic E-state index is -1.23. The van der Waals surface area contributed by atoms with Gasteiger partial charge in [0.25, 0.3) is 5.91 Å². The molecule has 20 heavy (non-hydrogen) atoms. The van der Waals surface area contributed by atoms with Gasteiger partial charge in [-0.15, -0.1) is 0 Å². The van der Waals surface area contributed by atoms with Gasteiger partial charge in [-0.25, -0.2) is 13.2 Å². The smallest absolute Gasteiger partial charge is 0.254 e. The Labute approximate surface area is 112 Å². The quantitative estimate of drug-likeness (QED) is 0.936. The average molecular weight is 281 g/mol. The molecule has 0 aliphatic rings. The molecule has 2 N–H and O–H groups in total. The summed E-state index contributed by atoms with van der Waals surface area (Å²) in [5, 5.41) is 0. The van der Waals surface area contributed by atoms with Crippen LogP contribution >= 0.6 is 0 Å². The summed E-state index contributed by atoms with van der Waals surface area (Å²) in [6.07, 6.45) is 0. The Kier molecular flexibility index (Phi) is 3.93. The van der Waals surface area contributed by atoms with Crippen LogP contribution in [0.25, 0.3) is 0 Å². The van der Waals surface area contributed by atoms with E-state index in [4.69, 9.17) is 10.5 Å². The van der Waals surface area contributed by atoms with Crippen molar-refractivity contribution in [3.8, 4) is 5.75 Å². The SMILES string of the molecule is NC(=O)c1c(F)ccc(OCc2cccc(F)c2)c1F. The van der Waals surface area contributed by atoms with Crippen LogP contribution in [0.15, 0.2) is 36.4 Å². The number of primary amides is 1. The Bertz CT molecular complexity index is 659. The van der Waals surface area contributed by atoms with Crippen molar-refractivity contribution in [3.05, 3.63) is 65.0 Å². The third-order valence-electron chi connectivity index (χ3n) is 2.59. The molecule has 0 atom stereocenters. The molecule has 6 heteroatoms. The van der Waals surface area contributed by atoms with Crippen LogP contribution in [0.1, 0.15) is 15.9 Å². The van der Waals surface area contributed by atoms with Gasteiger partial charge < -0.3 is 10.5 Å². The van der Waals surface area contributed by atoms with E-state index in [0.29, 0.717) is 5.56 Å². The number of halogens is 3. The average Bonchev–Trinajstić information content (AvgIpc) is 2.37. The topological polar surface area (TPSA) is 52.3 Å². The third-order valence-corrected chi connectivity index (χ3v) is 2.59. The highest BCUT2D eigenvalue weighted by atomic mass is 19.1. The van der Waals surface area contributed by atoms with Crippen molar-refractivity contribution in [3.63, 3.8) is 0 Å². The van der Waals surface area contributed by atoms with Crippen LogP contribution in [0.2, 0.25) is 0 Å². The van der Waals surface area contributed by atoms with E-state index >= 15 is 0 Å². The first-order valence-corrected chi connectivity index (χ1v) is 5.64. The zero-order valence-corrected chi connectivity index (χ0v) is 10.2. The maximum absolute atomic E-state index is 13.8. The first kappa shape index (κ1) is 13.9. The highest BCUT2D eigenvalue weighted by Gasteiger charge is 2.19. The lowest BCUT2D eigenvalue weighted by Crippen LogP contribution is -2.16. The summed E-state index contributed by atoms with van der Waals surface area (Å²) in [6, 6.07) is 7.45. The molecule has 0 unspecified atom stereocenters. The van der Waals surface area contributed by atoms with Gasteiger partial charge in [-0.1, -0.05) is 12.1 Å². The predicted octanol–water partition coefficient (Wildman–Crippen LogP) is 2.78. The molecule has 2 rings (SSSR count). The van der Waals surface area contributed by atoms with Crippen molar-refractivity contribution in [1.29, 1.82) is 0 Å². The molecule has 0 aliphatic carbocycles. The van der Waals surface area contributed by atoms with Gasteiger partial charge in [-0.3, -0.25) is 4.79 Å². The van der Waals surface area contributed by atoms with Crippen LogP contribution in [0.4, 0.5) is 13.2 Å². The Morgan fingerprint density at radius 2 is 1.90 bits per heavy atom. The Hall–Kier alpha value is -2.50. The summed E-state index contributed by atoms with van der Waals surface area (Å²) < 4.78 is 45.1. The van der Waals surface area contributed by atoms with E-state index in [0.717, 1.165) is 12.1 Å². The normalized spacial score (nSPS) is 10.3. The lowest BCUT2D eigenvalue weighted by molar-refractivity contribution is 0.0991. The summed E-state index contributed by atoms with van der Waals surface area (Å²) in [6.45, 7) is -0.126. The van der Waals surface area contributed by atoms with E-state index in [1.165, 1.54) is 18.2 Å². The summed E-state index contributed by atoms with van der Waals surface area (Å²) >= 11 is 0. The fourth-order valence-corrected chi connectivity index (χ4v) is 1.66. The van der Waals surface area contributed by atoms with Crippen LogP contribution in [0.3, 0.4) is 0 Å². The fourth-order valence-electron chi connectivity index (χ4n) is 1.66. The molecular weight excluding hydrogens is 271 g/mol. The number of carbonyl (C=O) groups excluding carboxylic acids is 1. The van der Waals surface area contributed by atoms with E-state index < -0.39 is 28.9 Å². The van der Waals surface area contributed by atoms with E-state index in [-0.39, 0.29) is 12.4 Å². The van der Waals surface area contributed by atoms with E-state index in [1.807, 2.05) is 0 Å². The molecule has 1 amide bonds. The van der Waals surface area contributed by atoms with Crippen molar-refractivity contribution in [2.24, 2.45) is 5.73 Å². The minimum absolute atomic E-state index is 0.126. The number of hydrogen-bond donors (Lipinski definition) is 1. The van der Waals surface area contributed by atoms with Crippen LogP contribution < -0.4 is 10.5 Å². The van der Waals surface area contributed by atoms with Gasteiger partial charge in [0, 0.05) is 0 Å². The Balaban J connectivity index is 2.22. The second-order valence-electron chi connectivity index (χ2n) is 4.02. The van der Waals surface area contributed by atoms with Gasteiger partial charge in [-0.2, -0.15) is 0 Å². The van der Waals surface area contributed by atoms with E-state index in [2.05, 4.69) is 0 Å². The molecule has 0 heterocycles. The maximum atomic E-state index is 13.8.